The maximum atomic E-state index is 13.1. The lowest BCUT2D eigenvalue weighted by Crippen LogP contribution is -2.57. The Bertz CT molecular complexity index is 787. The summed E-state index contributed by atoms with van der Waals surface area (Å²) >= 11 is 0. The van der Waals surface area contributed by atoms with Gasteiger partial charge in [0.05, 0.1) is 27.4 Å². The topological polar surface area (TPSA) is 85.3 Å². The average molecular weight is 375 g/mol. The maximum absolute atomic E-state index is 13.1. The summed E-state index contributed by atoms with van der Waals surface area (Å²) in [5, 5.41) is 10.9. The minimum Gasteiger partial charge on any atom is -0.493 e. The number of aliphatic hydroxyl groups is 1. The molecule has 0 saturated carbocycles. The van der Waals surface area contributed by atoms with Gasteiger partial charge in [0.1, 0.15) is 0 Å². The Morgan fingerprint density at radius 1 is 1.22 bits per heavy atom. The fourth-order valence-corrected chi connectivity index (χ4v) is 3.78. The molecule has 0 spiro atoms. The molecule has 1 atom stereocenters. The van der Waals surface area contributed by atoms with Crippen molar-refractivity contribution in [1.82, 2.24) is 4.90 Å². The summed E-state index contributed by atoms with van der Waals surface area (Å²) in [5.41, 5.74) is 0.512. The van der Waals surface area contributed by atoms with Gasteiger partial charge in [-0.2, -0.15) is 0 Å². The van der Waals surface area contributed by atoms with E-state index in [4.69, 9.17) is 14.2 Å². The highest BCUT2D eigenvalue weighted by molar-refractivity contribution is 6.07. The highest BCUT2D eigenvalue weighted by Crippen LogP contribution is 2.41. The number of nitrogens with zero attached hydrogens (tertiary/aromatic N) is 1. The summed E-state index contributed by atoms with van der Waals surface area (Å²) in [6.07, 6.45) is 2.45. The zero-order chi connectivity index (χ0) is 19.6. The summed E-state index contributed by atoms with van der Waals surface area (Å²) in [6, 6.07) is 5.39. The molecule has 1 heterocycles. The predicted molar refractivity (Wildman–Crippen MR) is 97.2 cm³/mol. The highest BCUT2D eigenvalue weighted by atomic mass is 16.6. The lowest BCUT2D eigenvalue weighted by atomic mass is 9.88. The van der Waals surface area contributed by atoms with Crippen LogP contribution in [-0.4, -0.2) is 48.3 Å². The van der Waals surface area contributed by atoms with Crippen LogP contribution in [0, 0.1) is 0 Å². The van der Waals surface area contributed by atoms with Crippen LogP contribution < -0.4 is 9.47 Å². The first-order valence-corrected chi connectivity index (χ1v) is 9.08. The second-order valence-electron chi connectivity index (χ2n) is 6.74. The van der Waals surface area contributed by atoms with Crippen LogP contribution in [0.25, 0.3) is 0 Å². The van der Waals surface area contributed by atoms with E-state index in [0.717, 1.165) is 36.1 Å². The number of allylic oxidation sites excluding steroid dienone is 1. The molecule has 1 aliphatic carbocycles. The molecule has 1 N–H and O–H groups in total. The molecule has 0 fully saturated rings. The van der Waals surface area contributed by atoms with Crippen LogP contribution in [0.3, 0.4) is 0 Å². The molecule has 3 rings (SSSR count). The number of carbonyl (C=O) groups is 2. The quantitative estimate of drug-likeness (QED) is 0.606. The SMILES string of the molecule is CCOC(=O)C1(O)CC2=C(CCC2)N(Cc2ccc(OC)c(OC)c2)C1=O. The Morgan fingerprint density at radius 2 is 1.96 bits per heavy atom. The summed E-state index contributed by atoms with van der Waals surface area (Å²) in [6.45, 7) is 1.99. The molecule has 146 valence electrons. The van der Waals surface area contributed by atoms with Crippen molar-refractivity contribution in [2.24, 2.45) is 0 Å². The lowest BCUT2D eigenvalue weighted by Gasteiger charge is -2.37. The average Bonchev–Trinajstić information content (AvgIpc) is 3.13. The third-order valence-corrected chi connectivity index (χ3v) is 5.10. The molecule has 1 aromatic rings. The third kappa shape index (κ3) is 3.39. The van der Waals surface area contributed by atoms with Gasteiger partial charge in [0.25, 0.3) is 5.91 Å². The molecule has 1 amide bonds. The number of hydrogen-bond donors (Lipinski definition) is 1. The molecule has 1 unspecified atom stereocenters. The second-order valence-corrected chi connectivity index (χ2v) is 6.74. The van der Waals surface area contributed by atoms with Gasteiger partial charge in [-0.05, 0) is 49.5 Å². The predicted octanol–water partition coefficient (Wildman–Crippen LogP) is 2.17. The molecule has 0 saturated heterocycles. The second kappa shape index (κ2) is 7.60. The summed E-state index contributed by atoms with van der Waals surface area (Å²) < 4.78 is 15.5. The molecular formula is C20H25NO6. The number of carbonyl (C=O) groups excluding carboxylic acids is 2. The van der Waals surface area contributed by atoms with E-state index in [-0.39, 0.29) is 19.6 Å². The molecule has 1 aliphatic heterocycles. The van der Waals surface area contributed by atoms with Crippen molar-refractivity contribution < 1.29 is 28.9 Å². The molecule has 2 aliphatic rings. The van der Waals surface area contributed by atoms with Crippen molar-refractivity contribution in [1.29, 1.82) is 0 Å². The molecule has 27 heavy (non-hydrogen) atoms. The van der Waals surface area contributed by atoms with Crippen molar-refractivity contribution in [2.75, 3.05) is 20.8 Å². The maximum Gasteiger partial charge on any atom is 0.348 e. The van der Waals surface area contributed by atoms with Gasteiger partial charge in [0.2, 0.25) is 5.60 Å². The molecule has 0 bridgehead atoms. The van der Waals surface area contributed by atoms with E-state index in [9.17, 15) is 14.7 Å². The van der Waals surface area contributed by atoms with Gasteiger partial charge < -0.3 is 24.2 Å². The lowest BCUT2D eigenvalue weighted by molar-refractivity contribution is -0.176. The highest BCUT2D eigenvalue weighted by Gasteiger charge is 2.53. The molecule has 1 aromatic carbocycles. The smallest absolute Gasteiger partial charge is 0.348 e. The number of rotatable bonds is 6. The Kier molecular flexibility index (Phi) is 5.41. The first-order valence-electron chi connectivity index (χ1n) is 9.08. The van der Waals surface area contributed by atoms with Crippen LogP contribution in [0.4, 0.5) is 0 Å². The summed E-state index contributed by atoms with van der Waals surface area (Å²) in [7, 11) is 3.10. The van der Waals surface area contributed by atoms with E-state index in [1.807, 2.05) is 6.07 Å². The van der Waals surface area contributed by atoms with Gasteiger partial charge >= 0.3 is 5.97 Å². The van der Waals surface area contributed by atoms with Crippen molar-refractivity contribution in [2.45, 2.75) is 44.8 Å². The third-order valence-electron chi connectivity index (χ3n) is 5.10. The van der Waals surface area contributed by atoms with E-state index in [0.29, 0.717) is 11.5 Å². The van der Waals surface area contributed by atoms with Gasteiger partial charge in [-0.25, -0.2) is 4.79 Å². The Labute approximate surface area is 158 Å². The van der Waals surface area contributed by atoms with E-state index in [1.165, 1.54) is 4.90 Å². The van der Waals surface area contributed by atoms with Gasteiger partial charge in [0.15, 0.2) is 11.5 Å². The van der Waals surface area contributed by atoms with Crippen LogP contribution in [0.5, 0.6) is 11.5 Å². The number of amides is 1. The largest absolute Gasteiger partial charge is 0.493 e. The Hall–Kier alpha value is -2.54. The summed E-state index contributed by atoms with van der Waals surface area (Å²) in [5.74, 6) is -0.363. The molecule has 0 radical (unpaired) electrons. The van der Waals surface area contributed by atoms with Gasteiger partial charge in [-0.1, -0.05) is 6.07 Å². The minimum atomic E-state index is -2.16. The number of ether oxygens (including phenoxy) is 3. The normalized spacial score (nSPS) is 21.9. The van der Waals surface area contributed by atoms with Crippen LogP contribution in [0.2, 0.25) is 0 Å². The Morgan fingerprint density at radius 3 is 2.63 bits per heavy atom. The molecule has 0 aromatic heterocycles. The minimum absolute atomic E-state index is 0.0163. The van der Waals surface area contributed by atoms with Gasteiger partial charge in [-0.15, -0.1) is 0 Å². The van der Waals surface area contributed by atoms with E-state index < -0.39 is 17.5 Å². The van der Waals surface area contributed by atoms with Crippen molar-refractivity contribution in [3.63, 3.8) is 0 Å². The summed E-state index contributed by atoms with van der Waals surface area (Å²) in [4.78, 5) is 26.9. The standard InChI is InChI=1S/C20H25NO6/c1-4-27-19(23)20(24)11-14-6-5-7-15(14)21(18(20)22)12-13-8-9-16(25-2)17(10-13)26-3/h8-10,24H,4-7,11-12H2,1-3H3. The van der Waals surface area contributed by atoms with E-state index in [1.54, 1.807) is 33.3 Å². The van der Waals surface area contributed by atoms with Gasteiger partial charge in [-0.3, -0.25) is 4.79 Å². The van der Waals surface area contributed by atoms with E-state index in [2.05, 4.69) is 0 Å². The molecule has 7 nitrogen and oxygen atoms in total. The molecular weight excluding hydrogens is 350 g/mol. The zero-order valence-electron chi connectivity index (χ0n) is 15.9. The Balaban J connectivity index is 1.94. The number of benzene rings is 1. The number of esters is 1. The first-order chi connectivity index (χ1) is 12.9. The number of methoxy groups -OCH3 is 2. The van der Waals surface area contributed by atoms with Crippen LogP contribution in [0.1, 0.15) is 38.2 Å². The molecule has 7 heteroatoms. The zero-order valence-corrected chi connectivity index (χ0v) is 15.9. The monoisotopic (exact) mass is 375 g/mol. The first kappa shape index (κ1) is 19.2. The fraction of sp³-hybridized carbons (Fsp3) is 0.500. The van der Waals surface area contributed by atoms with Crippen molar-refractivity contribution >= 4 is 11.9 Å². The fourth-order valence-electron chi connectivity index (χ4n) is 3.78. The van der Waals surface area contributed by atoms with Crippen LogP contribution in [0.15, 0.2) is 29.5 Å². The number of hydrogen-bond acceptors (Lipinski definition) is 6. The van der Waals surface area contributed by atoms with E-state index >= 15 is 0 Å². The van der Waals surface area contributed by atoms with Crippen molar-refractivity contribution in [3.8, 4) is 11.5 Å². The van der Waals surface area contributed by atoms with Crippen molar-refractivity contribution in [3.05, 3.63) is 35.0 Å². The van der Waals surface area contributed by atoms with Gasteiger partial charge in [0, 0.05) is 12.1 Å². The van der Waals surface area contributed by atoms with Crippen LogP contribution >= 0.6 is 0 Å². The van der Waals surface area contributed by atoms with Crippen LogP contribution in [-0.2, 0) is 20.9 Å².